The molecule has 1 aliphatic heterocycles. The SMILES string of the molecule is O=C(NCCN1CCCC1=O)c1coc(COc2ccc(F)cc2)n1. The van der Waals surface area contributed by atoms with Gasteiger partial charge in [0.05, 0.1) is 0 Å². The summed E-state index contributed by atoms with van der Waals surface area (Å²) in [6.07, 6.45) is 2.70. The number of rotatable bonds is 7. The van der Waals surface area contributed by atoms with E-state index in [9.17, 15) is 14.0 Å². The van der Waals surface area contributed by atoms with Crippen LogP contribution in [0, 0.1) is 5.82 Å². The van der Waals surface area contributed by atoms with Crippen LogP contribution in [-0.4, -0.2) is 41.3 Å². The van der Waals surface area contributed by atoms with E-state index in [-0.39, 0.29) is 35.8 Å². The molecule has 7 nitrogen and oxygen atoms in total. The van der Waals surface area contributed by atoms with Crippen LogP contribution in [0.2, 0.25) is 0 Å². The number of halogens is 1. The molecule has 132 valence electrons. The van der Waals surface area contributed by atoms with Gasteiger partial charge in [-0.2, -0.15) is 0 Å². The highest BCUT2D eigenvalue weighted by Crippen LogP contribution is 2.13. The van der Waals surface area contributed by atoms with Gasteiger partial charge < -0.3 is 19.4 Å². The molecule has 0 unspecified atom stereocenters. The summed E-state index contributed by atoms with van der Waals surface area (Å²) in [6.45, 7) is 1.62. The van der Waals surface area contributed by atoms with E-state index in [2.05, 4.69) is 10.3 Å². The van der Waals surface area contributed by atoms with Crippen LogP contribution in [0.4, 0.5) is 4.39 Å². The number of benzene rings is 1. The minimum absolute atomic E-state index is 0.0290. The third kappa shape index (κ3) is 4.56. The molecule has 2 amide bonds. The van der Waals surface area contributed by atoms with Crippen LogP contribution in [0.5, 0.6) is 5.75 Å². The Morgan fingerprint density at radius 3 is 2.88 bits per heavy atom. The van der Waals surface area contributed by atoms with Crippen molar-refractivity contribution in [3.63, 3.8) is 0 Å². The molecule has 0 aliphatic carbocycles. The minimum Gasteiger partial charge on any atom is -0.484 e. The molecule has 1 aliphatic rings. The first kappa shape index (κ1) is 16.9. The van der Waals surface area contributed by atoms with Crippen molar-refractivity contribution in [3.05, 3.63) is 47.9 Å². The number of aromatic nitrogens is 1. The molecule has 0 spiro atoms. The van der Waals surface area contributed by atoms with Crippen molar-refractivity contribution in [2.45, 2.75) is 19.4 Å². The smallest absolute Gasteiger partial charge is 0.273 e. The number of amides is 2. The van der Waals surface area contributed by atoms with Gasteiger partial charge in [-0.3, -0.25) is 9.59 Å². The van der Waals surface area contributed by atoms with Gasteiger partial charge in [-0.15, -0.1) is 0 Å². The summed E-state index contributed by atoms with van der Waals surface area (Å²) in [7, 11) is 0. The Bertz CT molecular complexity index is 745. The quantitative estimate of drug-likeness (QED) is 0.825. The normalized spacial score (nSPS) is 14.0. The van der Waals surface area contributed by atoms with E-state index in [1.165, 1.54) is 30.5 Å². The van der Waals surface area contributed by atoms with Crippen LogP contribution in [0.25, 0.3) is 0 Å². The van der Waals surface area contributed by atoms with Crippen molar-refractivity contribution in [2.24, 2.45) is 0 Å². The van der Waals surface area contributed by atoms with Gasteiger partial charge in [-0.1, -0.05) is 0 Å². The van der Waals surface area contributed by atoms with E-state index < -0.39 is 0 Å². The maximum atomic E-state index is 12.8. The Hall–Kier alpha value is -2.90. The second kappa shape index (κ2) is 7.78. The zero-order valence-corrected chi connectivity index (χ0v) is 13.5. The van der Waals surface area contributed by atoms with E-state index in [1.807, 2.05) is 0 Å². The van der Waals surface area contributed by atoms with Crippen LogP contribution >= 0.6 is 0 Å². The number of nitrogens with zero attached hydrogens (tertiary/aromatic N) is 2. The highest BCUT2D eigenvalue weighted by atomic mass is 19.1. The van der Waals surface area contributed by atoms with Gasteiger partial charge in [0, 0.05) is 26.1 Å². The van der Waals surface area contributed by atoms with Crippen LogP contribution in [-0.2, 0) is 11.4 Å². The Balaban J connectivity index is 1.44. The minimum atomic E-state index is -0.372. The number of carbonyl (C=O) groups excluding carboxylic acids is 2. The lowest BCUT2D eigenvalue weighted by atomic mass is 10.3. The number of oxazole rings is 1. The van der Waals surface area contributed by atoms with Gasteiger partial charge in [0.2, 0.25) is 11.8 Å². The number of carbonyl (C=O) groups is 2. The highest BCUT2D eigenvalue weighted by Gasteiger charge is 2.20. The fourth-order valence-corrected chi connectivity index (χ4v) is 2.49. The molecular formula is C17H18FN3O4. The van der Waals surface area contributed by atoms with Crippen LogP contribution in [0.15, 0.2) is 34.9 Å². The van der Waals surface area contributed by atoms with Gasteiger partial charge in [0.25, 0.3) is 5.91 Å². The molecule has 0 bridgehead atoms. The molecule has 3 rings (SSSR count). The number of ether oxygens (including phenoxy) is 1. The second-order valence-electron chi connectivity index (χ2n) is 5.61. The van der Waals surface area contributed by atoms with Crippen LogP contribution in [0.3, 0.4) is 0 Å². The van der Waals surface area contributed by atoms with Crippen molar-refractivity contribution in [2.75, 3.05) is 19.6 Å². The predicted molar refractivity (Wildman–Crippen MR) is 85.4 cm³/mol. The summed E-state index contributed by atoms with van der Waals surface area (Å²) in [5.41, 5.74) is 0.144. The molecule has 25 heavy (non-hydrogen) atoms. The summed E-state index contributed by atoms with van der Waals surface area (Å²) in [5.74, 6) is 0.113. The maximum Gasteiger partial charge on any atom is 0.273 e. The summed E-state index contributed by atoms with van der Waals surface area (Å²) in [4.78, 5) is 29.3. The first-order valence-corrected chi connectivity index (χ1v) is 8.00. The Morgan fingerprint density at radius 1 is 1.36 bits per heavy atom. The lowest BCUT2D eigenvalue weighted by molar-refractivity contribution is -0.127. The zero-order chi connectivity index (χ0) is 17.6. The van der Waals surface area contributed by atoms with Crippen molar-refractivity contribution < 1.29 is 23.1 Å². The first-order valence-electron chi connectivity index (χ1n) is 8.00. The summed E-state index contributed by atoms with van der Waals surface area (Å²) in [6, 6.07) is 5.56. The molecule has 2 heterocycles. The third-order valence-electron chi connectivity index (χ3n) is 3.80. The lowest BCUT2D eigenvalue weighted by Gasteiger charge is -2.15. The second-order valence-corrected chi connectivity index (χ2v) is 5.61. The fourth-order valence-electron chi connectivity index (χ4n) is 2.49. The van der Waals surface area contributed by atoms with E-state index >= 15 is 0 Å². The van der Waals surface area contributed by atoms with E-state index in [0.717, 1.165) is 13.0 Å². The topological polar surface area (TPSA) is 84.7 Å². The van der Waals surface area contributed by atoms with Crippen molar-refractivity contribution in [1.82, 2.24) is 15.2 Å². The van der Waals surface area contributed by atoms with Crippen molar-refractivity contribution in [3.8, 4) is 5.75 Å². The van der Waals surface area contributed by atoms with E-state index in [0.29, 0.717) is 25.3 Å². The number of nitrogens with one attached hydrogen (secondary N) is 1. The maximum absolute atomic E-state index is 12.8. The molecule has 0 atom stereocenters. The molecule has 8 heteroatoms. The van der Waals surface area contributed by atoms with Crippen molar-refractivity contribution >= 4 is 11.8 Å². The number of hydrogen-bond acceptors (Lipinski definition) is 5. The van der Waals surface area contributed by atoms with E-state index in [4.69, 9.17) is 9.15 Å². The Labute approximate surface area is 143 Å². The van der Waals surface area contributed by atoms with Gasteiger partial charge >= 0.3 is 0 Å². The summed E-state index contributed by atoms with van der Waals surface area (Å²) in [5, 5.41) is 2.70. The largest absolute Gasteiger partial charge is 0.484 e. The average molecular weight is 347 g/mol. The molecule has 1 aromatic heterocycles. The van der Waals surface area contributed by atoms with Gasteiger partial charge in [0.15, 0.2) is 12.3 Å². The summed E-state index contributed by atoms with van der Waals surface area (Å²) < 4.78 is 23.4. The third-order valence-corrected chi connectivity index (χ3v) is 3.80. The molecule has 1 saturated heterocycles. The van der Waals surface area contributed by atoms with Gasteiger partial charge in [0.1, 0.15) is 17.8 Å². The Kier molecular flexibility index (Phi) is 5.27. The molecule has 0 radical (unpaired) electrons. The fraction of sp³-hybridized carbons (Fsp3) is 0.353. The summed E-state index contributed by atoms with van der Waals surface area (Å²) >= 11 is 0. The van der Waals surface area contributed by atoms with Crippen molar-refractivity contribution in [1.29, 1.82) is 0 Å². The lowest BCUT2D eigenvalue weighted by Crippen LogP contribution is -2.35. The molecule has 1 fully saturated rings. The predicted octanol–water partition coefficient (Wildman–Crippen LogP) is 1.74. The molecular weight excluding hydrogens is 329 g/mol. The number of hydrogen-bond donors (Lipinski definition) is 1. The highest BCUT2D eigenvalue weighted by molar-refractivity contribution is 5.91. The number of likely N-dealkylation sites (tertiary alicyclic amines) is 1. The van der Waals surface area contributed by atoms with Gasteiger partial charge in [-0.25, -0.2) is 9.37 Å². The molecule has 0 saturated carbocycles. The molecule has 1 N–H and O–H groups in total. The zero-order valence-electron chi connectivity index (χ0n) is 13.5. The first-order chi connectivity index (χ1) is 12.1. The average Bonchev–Trinajstić information content (AvgIpc) is 3.24. The van der Waals surface area contributed by atoms with Crippen LogP contribution < -0.4 is 10.1 Å². The van der Waals surface area contributed by atoms with Crippen LogP contribution in [0.1, 0.15) is 29.2 Å². The Morgan fingerprint density at radius 2 is 2.16 bits per heavy atom. The molecule has 1 aromatic carbocycles. The van der Waals surface area contributed by atoms with Gasteiger partial charge in [-0.05, 0) is 30.7 Å². The monoisotopic (exact) mass is 347 g/mol. The van der Waals surface area contributed by atoms with E-state index in [1.54, 1.807) is 4.90 Å². The standard InChI is InChI=1S/C17H18FN3O4/c18-12-3-5-13(6-4-12)24-11-15-20-14(10-25-15)17(23)19-7-9-21-8-1-2-16(21)22/h3-6,10H,1-2,7-9,11H2,(H,19,23). The molecule has 2 aromatic rings.